The molecule has 4 aromatic rings. The molecule has 1 amide bonds. The van der Waals surface area contributed by atoms with Crippen molar-refractivity contribution in [3.63, 3.8) is 0 Å². The molecule has 46 heavy (non-hydrogen) atoms. The van der Waals surface area contributed by atoms with Crippen LogP contribution in [0.1, 0.15) is 22.8 Å². The van der Waals surface area contributed by atoms with Crippen LogP contribution in [0.4, 0.5) is 10.2 Å². The van der Waals surface area contributed by atoms with Crippen LogP contribution in [0.5, 0.6) is 0 Å². The van der Waals surface area contributed by atoms with Crippen molar-refractivity contribution in [2.24, 2.45) is 5.73 Å². The van der Waals surface area contributed by atoms with Gasteiger partial charge < -0.3 is 25.5 Å². The maximum atomic E-state index is 16.1. The summed E-state index contributed by atoms with van der Waals surface area (Å²) in [5.74, 6) is -0.645. The number of nitrogens with zero attached hydrogens (tertiary/aromatic N) is 7. The number of nitrogen functional groups attached to an aromatic ring is 1. The van der Waals surface area contributed by atoms with Gasteiger partial charge in [-0.3, -0.25) is 27.5 Å². The predicted molar refractivity (Wildman–Crippen MR) is 162 cm³/mol. The second-order valence-electron chi connectivity index (χ2n) is 10.2. The number of imidazole rings is 1. The standard InChI is InChI=1S/C23H24FN9O9P2S2/c1-9-12-6-38-44(36,46-45)42-18-13(40-22(14(18)24)32-8-29-16-19(25)27-7-28-21(16)32)5-37-43(35)41-17(9)23(39-12)33-11-4-2-3-10(20(26)34)15(11)30-31-33/h2-4,7-8,12-14,17-18,22-23,43,45H,1,5-6H2,(H2,26,34)(H2,25,27,28)/t12-,13-,14-,17-,18-,22-,23-,44?/m1/s1. The highest BCUT2D eigenvalue weighted by Crippen LogP contribution is 2.65. The Morgan fingerprint density at radius 1 is 1.20 bits per heavy atom. The monoisotopic (exact) mass is 715 g/mol. The van der Waals surface area contributed by atoms with Gasteiger partial charge in [0.1, 0.15) is 41.8 Å². The van der Waals surface area contributed by atoms with Crippen LogP contribution in [0.15, 0.2) is 43.0 Å². The van der Waals surface area contributed by atoms with E-state index in [1.165, 1.54) is 28.0 Å². The number of nitrogens with two attached hydrogens (primary N) is 2. The number of hydrogen-bond acceptors (Lipinski definition) is 17. The smallest absolute Gasteiger partial charge is 0.382 e. The van der Waals surface area contributed by atoms with Gasteiger partial charge in [0.05, 0.1) is 30.6 Å². The molecule has 6 heterocycles. The number of amides is 1. The van der Waals surface area contributed by atoms with Gasteiger partial charge in [-0.2, -0.15) is 0 Å². The molecule has 2 unspecified atom stereocenters. The molecule has 7 rings (SSSR count). The molecule has 9 atom stereocenters. The van der Waals surface area contributed by atoms with Crippen molar-refractivity contribution >= 4 is 71.0 Å². The van der Waals surface area contributed by atoms with Crippen LogP contribution in [0.3, 0.4) is 0 Å². The van der Waals surface area contributed by atoms with Gasteiger partial charge in [0, 0.05) is 10.4 Å². The molecule has 3 aromatic heterocycles. The molecule has 2 bridgehead atoms. The van der Waals surface area contributed by atoms with E-state index in [0.717, 1.165) is 0 Å². The second-order valence-corrected chi connectivity index (χ2v) is 16.1. The highest BCUT2D eigenvalue weighted by Gasteiger charge is 2.52. The molecule has 0 aliphatic carbocycles. The summed E-state index contributed by atoms with van der Waals surface area (Å²) in [7, 11) is -2.93. The Morgan fingerprint density at radius 3 is 2.80 bits per heavy atom. The highest BCUT2D eigenvalue weighted by atomic mass is 33.3. The van der Waals surface area contributed by atoms with Crippen molar-refractivity contribution in [2.45, 2.75) is 43.0 Å². The molecule has 18 nitrogen and oxygen atoms in total. The van der Waals surface area contributed by atoms with Crippen molar-refractivity contribution < 1.29 is 45.9 Å². The van der Waals surface area contributed by atoms with Gasteiger partial charge in [0.2, 0.25) is 0 Å². The molecule has 3 aliphatic heterocycles. The summed E-state index contributed by atoms with van der Waals surface area (Å²) in [6.45, 7) is -1.14. The fourth-order valence-electron chi connectivity index (χ4n) is 5.41. The van der Waals surface area contributed by atoms with Crippen LogP contribution >= 0.6 is 37.1 Å². The van der Waals surface area contributed by atoms with Gasteiger partial charge in [-0.1, -0.05) is 29.5 Å². The molecule has 0 saturated carbocycles. The van der Waals surface area contributed by atoms with Crippen LogP contribution in [0, 0.1) is 0 Å². The number of benzene rings is 1. The fourth-order valence-corrected chi connectivity index (χ4v) is 8.78. The molecular formula is C23H24FN9O9P2S2. The third kappa shape index (κ3) is 5.43. The highest BCUT2D eigenvalue weighted by molar-refractivity contribution is 8.93. The molecular weight excluding hydrogens is 691 g/mol. The number of carbonyl (C=O) groups excluding carboxylic acids is 1. The molecule has 244 valence electrons. The Labute approximate surface area is 267 Å². The van der Waals surface area contributed by atoms with Gasteiger partial charge in [0.25, 0.3) is 5.91 Å². The topological polar surface area (TPSA) is 233 Å². The van der Waals surface area contributed by atoms with Crippen LogP contribution < -0.4 is 11.5 Å². The van der Waals surface area contributed by atoms with Gasteiger partial charge in [-0.15, -0.1) is 5.10 Å². The van der Waals surface area contributed by atoms with E-state index >= 15 is 4.39 Å². The van der Waals surface area contributed by atoms with Crippen LogP contribution in [-0.2, 0) is 36.7 Å². The number of hydrogen-bond donors (Lipinski definition) is 3. The lowest BCUT2D eigenvalue weighted by atomic mass is 10.1. The van der Waals surface area contributed by atoms with E-state index in [9.17, 15) is 13.9 Å². The zero-order valence-corrected chi connectivity index (χ0v) is 26.8. The summed E-state index contributed by atoms with van der Waals surface area (Å²) in [4.78, 5) is 24.1. The summed E-state index contributed by atoms with van der Waals surface area (Å²) < 4.78 is 80.5. The maximum absolute atomic E-state index is 16.1. The number of halogens is 1. The fraction of sp³-hybridized carbons (Fsp3) is 0.391. The summed E-state index contributed by atoms with van der Waals surface area (Å²) in [6.07, 6.45) is -6.98. The Kier molecular flexibility index (Phi) is 8.41. The molecule has 3 fully saturated rings. The van der Waals surface area contributed by atoms with Crippen molar-refractivity contribution in [3.05, 3.63) is 48.6 Å². The number of thiol groups is 1. The molecule has 1 aromatic carbocycles. The second kappa shape index (κ2) is 12.2. The Hall–Kier alpha value is -2.97. The summed E-state index contributed by atoms with van der Waals surface area (Å²) in [6, 6.07) is 4.69. The number of aromatic nitrogens is 7. The van der Waals surface area contributed by atoms with E-state index in [2.05, 4.69) is 43.5 Å². The lowest BCUT2D eigenvalue weighted by Crippen LogP contribution is -2.33. The SMILES string of the molecule is C=C1[C@H]2O[PH](=O)OC[C@H]3O[C@@H](n4cnc5c(N)ncnc54)[C@H](F)[C@@H]3OP(=O)(SS)OC[C@H]1O[C@H]2n1nnc2c(C(N)=O)cccc21. The van der Waals surface area contributed by atoms with Gasteiger partial charge >= 0.3 is 15.1 Å². The van der Waals surface area contributed by atoms with Gasteiger partial charge in [-0.25, -0.2) is 28.6 Å². The number of alkyl halides is 1. The Balaban J connectivity index is 1.20. The van der Waals surface area contributed by atoms with E-state index in [1.54, 1.807) is 12.1 Å². The summed E-state index contributed by atoms with van der Waals surface area (Å²) in [5, 5.41) is 8.18. The van der Waals surface area contributed by atoms with E-state index in [4.69, 9.17) is 39.0 Å². The first-order chi connectivity index (χ1) is 22.1. The minimum atomic E-state index is -4.22. The minimum Gasteiger partial charge on any atom is -0.382 e. The zero-order valence-electron chi connectivity index (χ0n) is 23.2. The molecule has 3 aliphatic rings. The van der Waals surface area contributed by atoms with Crippen LogP contribution in [0.25, 0.3) is 22.2 Å². The number of rotatable bonds is 4. The third-order valence-corrected chi connectivity index (χ3v) is 12.6. The first-order valence-corrected chi connectivity index (χ1v) is 18.6. The number of anilines is 1. The number of primary amides is 1. The Bertz CT molecular complexity index is 1930. The first-order valence-electron chi connectivity index (χ1n) is 13.4. The number of carbonyl (C=O) groups is 1. The van der Waals surface area contributed by atoms with Crippen LogP contribution in [0.2, 0.25) is 0 Å². The predicted octanol–water partition coefficient (Wildman–Crippen LogP) is 2.53. The van der Waals surface area contributed by atoms with Gasteiger partial charge in [0.15, 0.2) is 30.1 Å². The molecule has 0 radical (unpaired) electrons. The van der Waals surface area contributed by atoms with Crippen molar-refractivity contribution in [3.8, 4) is 0 Å². The minimum absolute atomic E-state index is 0.0726. The average Bonchev–Trinajstić information content (AvgIpc) is 3.80. The lowest BCUT2D eigenvalue weighted by Gasteiger charge is -2.25. The maximum Gasteiger partial charge on any atom is 0.399 e. The van der Waals surface area contributed by atoms with Gasteiger partial charge in [-0.05, 0) is 17.7 Å². The number of ether oxygens (including phenoxy) is 2. The summed E-state index contributed by atoms with van der Waals surface area (Å²) in [5.41, 5.74) is 12.7. The third-order valence-electron chi connectivity index (χ3n) is 7.60. The van der Waals surface area contributed by atoms with Crippen LogP contribution in [-0.4, -0.2) is 84.2 Å². The number of fused-ring (bicyclic) bond motifs is 5. The van der Waals surface area contributed by atoms with Crippen molar-refractivity contribution in [2.75, 3.05) is 18.9 Å². The van der Waals surface area contributed by atoms with Crippen molar-refractivity contribution in [1.82, 2.24) is 34.5 Å². The van der Waals surface area contributed by atoms with E-state index < -0.39 is 77.2 Å². The quantitative estimate of drug-likeness (QED) is 0.119. The average molecular weight is 716 g/mol. The molecule has 4 N–H and O–H groups in total. The zero-order chi connectivity index (χ0) is 32.3. The first kappa shape index (κ1) is 31.6. The molecule has 3 saturated heterocycles. The molecule has 23 heteroatoms. The summed E-state index contributed by atoms with van der Waals surface area (Å²) >= 11 is 4.07. The largest absolute Gasteiger partial charge is 0.399 e. The van der Waals surface area contributed by atoms with E-state index in [-0.39, 0.29) is 33.6 Å². The van der Waals surface area contributed by atoms with E-state index in [0.29, 0.717) is 15.9 Å². The van der Waals surface area contributed by atoms with Crippen molar-refractivity contribution in [1.29, 1.82) is 0 Å². The Morgan fingerprint density at radius 2 is 2.02 bits per heavy atom. The molecule has 0 spiro atoms. The lowest BCUT2D eigenvalue weighted by molar-refractivity contribution is -0.0593. The van der Waals surface area contributed by atoms with E-state index in [1.807, 2.05) is 0 Å². The normalized spacial score (nSPS) is 33.8.